The van der Waals surface area contributed by atoms with Crippen LogP contribution in [-0.2, 0) is 0 Å². The molecule has 0 saturated heterocycles. The molecule has 0 spiro atoms. The zero-order valence-electron chi connectivity index (χ0n) is 7.00. The van der Waals surface area contributed by atoms with E-state index in [0.717, 1.165) is 0 Å². The third-order valence-corrected chi connectivity index (χ3v) is 0. The van der Waals surface area contributed by atoms with Crippen molar-refractivity contribution in [3.8, 4) is 0 Å². The molecule has 0 fully saturated rings. The molecule has 0 aliphatic rings. The van der Waals surface area contributed by atoms with Crippen LogP contribution in [0.1, 0.15) is 4.28 Å². The van der Waals surface area contributed by atoms with E-state index in [9.17, 15) is 0 Å². The third-order valence-electron chi connectivity index (χ3n) is 0. The molecule has 0 bridgehead atoms. The molecule has 0 aliphatic heterocycles. The Hall–Kier alpha value is 2.76. The van der Waals surface area contributed by atoms with E-state index in [1.165, 1.54) is 0 Å². The van der Waals surface area contributed by atoms with Gasteiger partial charge in [0.2, 0.25) is 0 Å². The Morgan fingerprint density at radius 3 is 1.00 bits per heavy atom. The van der Waals surface area contributed by atoms with Gasteiger partial charge >= 0.3 is 76.8 Å². The largest absolute Gasteiger partial charge is 2.00 e. The van der Waals surface area contributed by atoms with Crippen molar-refractivity contribution in [1.82, 2.24) is 0 Å². The minimum atomic E-state index is -4.61. The predicted octanol–water partition coefficient (Wildman–Crippen LogP) is -6.83. The summed E-state index contributed by atoms with van der Waals surface area (Å²) in [6.07, 6.45) is 0. The number of hydrogen-bond acceptors (Lipinski definition) is 4. The zero-order chi connectivity index (χ0) is 4.50. The fourth-order valence-corrected chi connectivity index (χ4v) is 0. The number of rotatable bonds is 0. The Morgan fingerprint density at radius 2 is 1.00 bits per heavy atom. The molecule has 8 heteroatoms. The average Bonchev–Trinajstić information content (AvgIpc) is 0.722. The molecule has 0 saturated carbocycles. The summed E-state index contributed by atoms with van der Waals surface area (Å²) in [5.41, 5.74) is 0. The summed E-state index contributed by atoms with van der Waals surface area (Å²) >= 11 is 0. The Labute approximate surface area is 116 Å². The molecule has 0 aromatic heterocycles. The molecular weight excluding hydrogens is 263 g/mol. The summed E-state index contributed by atoms with van der Waals surface area (Å²) in [5.74, 6) is 0. The van der Waals surface area contributed by atoms with Gasteiger partial charge in [-0.05, 0) is 0 Å². The Bertz CT molecular complexity index is 40.8. The minimum absolute atomic E-state index is 0. The monoisotopic (exact) mass is 274 g/mol. The van der Waals surface area contributed by atoms with Gasteiger partial charge < -0.3 is 23.5 Å². The molecule has 0 rings (SSSR count). The smallest absolute Gasteiger partial charge is 1.00 e. The van der Waals surface area contributed by atoms with Crippen LogP contribution in [0.2, 0.25) is 0 Å². The quantitative estimate of drug-likeness (QED) is 0.331. The summed E-state index contributed by atoms with van der Waals surface area (Å²) < 4.78 is 0. The Balaban J connectivity index is -0.00000000533. The fourth-order valence-electron chi connectivity index (χ4n) is 0. The second-order valence-corrected chi connectivity index (χ2v) is 1.80. The van der Waals surface area contributed by atoms with Crippen LogP contribution in [0.3, 0.4) is 0 Å². The molecule has 0 aliphatic carbocycles. The molecule has 0 heterocycles. The molecule has 0 aromatic rings. The van der Waals surface area contributed by atoms with Crippen molar-refractivity contribution in [2.24, 2.45) is 0 Å². The molecule has 4 N–H and O–H groups in total. The van der Waals surface area contributed by atoms with Crippen LogP contribution < -0.4 is 18.9 Å². The van der Waals surface area contributed by atoms with Gasteiger partial charge in [0.15, 0.2) is 17.4 Å². The summed E-state index contributed by atoms with van der Waals surface area (Å²) in [6.45, 7) is 0. The zero-order valence-corrected chi connectivity index (χ0v) is 9.44. The third kappa shape index (κ3) is 69.3. The second-order valence-electron chi connectivity index (χ2n) is 0.600. The topological polar surface area (TPSA) is 80.9 Å². The van der Waals surface area contributed by atoms with Crippen LogP contribution >= 0.6 is 0 Å². The van der Waals surface area contributed by atoms with Gasteiger partial charge in [0, 0.05) is 0 Å². The van der Waals surface area contributed by atoms with Crippen LogP contribution in [0.15, 0.2) is 0 Å². The van der Waals surface area contributed by atoms with Crippen molar-refractivity contribution in [2.45, 2.75) is 0 Å². The van der Waals surface area contributed by atoms with Gasteiger partial charge in [-0.2, -0.15) is 0 Å². The summed E-state index contributed by atoms with van der Waals surface area (Å²) in [4.78, 5) is 29.3. The van der Waals surface area contributed by atoms with E-state index in [1.807, 2.05) is 0 Å². The Kier molecular flexibility index (Phi) is 27.4. The first kappa shape index (κ1) is 22.4. The first-order valence-electron chi connectivity index (χ1n) is 0.894. The molecule has 8 heavy (non-hydrogen) atoms. The van der Waals surface area contributed by atoms with Crippen molar-refractivity contribution >= 4 is 75.3 Å². The predicted molar refractivity (Wildman–Crippen MR) is 33.7 cm³/mol. The van der Waals surface area contributed by atoms with Gasteiger partial charge in [0.1, 0.15) is 0 Å². The summed E-state index contributed by atoms with van der Waals surface area (Å²) in [6, 6.07) is 0. The molecular formula is H10AlBaLiO4Si. The van der Waals surface area contributed by atoms with Crippen molar-refractivity contribution in [3.63, 3.8) is 0 Å². The van der Waals surface area contributed by atoms with E-state index in [-0.39, 0.29) is 89.4 Å². The van der Waals surface area contributed by atoms with E-state index in [0.29, 0.717) is 0 Å². The molecule has 0 unspecified atom stereocenters. The van der Waals surface area contributed by atoms with Gasteiger partial charge in [-0.3, -0.25) is 0 Å². The van der Waals surface area contributed by atoms with E-state index in [1.54, 1.807) is 0 Å². The van der Waals surface area contributed by atoms with Gasteiger partial charge in [0.05, 0.1) is 0 Å². The van der Waals surface area contributed by atoms with Gasteiger partial charge in [-0.1, -0.05) is 0 Å². The van der Waals surface area contributed by atoms with Gasteiger partial charge in [-0.25, -0.2) is 0 Å². The molecule has 0 amide bonds. The molecule has 0 radical (unpaired) electrons. The molecule has 0 aromatic carbocycles. The van der Waals surface area contributed by atoms with Crippen LogP contribution in [0.5, 0.6) is 0 Å². The first-order chi connectivity index (χ1) is 2.00. The fraction of sp³-hybridized carbons (Fsp3) is 0. The van der Waals surface area contributed by atoms with Crippen LogP contribution in [-0.4, -0.2) is 94.5 Å². The van der Waals surface area contributed by atoms with Crippen LogP contribution in [0, 0.1) is 0 Å². The van der Waals surface area contributed by atoms with E-state index >= 15 is 0 Å². The molecule has 0 atom stereocenters. The average molecular weight is 273 g/mol. The van der Waals surface area contributed by atoms with Crippen molar-refractivity contribution in [2.75, 3.05) is 0 Å². The van der Waals surface area contributed by atoms with Crippen molar-refractivity contribution in [3.05, 3.63) is 0 Å². The maximum Gasteiger partial charge on any atom is 2.00 e. The van der Waals surface area contributed by atoms with Gasteiger partial charge in [0.25, 0.3) is 0 Å². The van der Waals surface area contributed by atoms with Crippen molar-refractivity contribution < 1.29 is 42.3 Å². The van der Waals surface area contributed by atoms with Crippen LogP contribution in [0.4, 0.5) is 0 Å². The maximum atomic E-state index is 7.33. The number of hydrogen-bond donors (Lipinski definition) is 4. The minimum Gasteiger partial charge on any atom is -1.00 e. The Morgan fingerprint density at radius 1 is 1.00 bits per heavy atom. The van der Waals surface area contributed by atoms with Crippen LogP contribution in [0.25, 0.3) is 0 Å². The van der Waals surface area contributed by atoms with E-state index < -0.39 is 9.05 Å². The second kappa shape index (κ2) is 9.76. The van der Waals surface area contributed by atoms with E-state index in [4.69, 9.17) is 19.2 Å². The normalized spacial score (nSPS) is 7.50. The standard InChI is InChI=1S/Al.Ba.Li.H4O4Si.6H/c;;;1-5(2,3)4;;;;;;/h;;;1-4H;;;;;;/q;+2;+1;;;;;3*-1. The summed E-state index contributed by atoms with van der Waals surface area (Å²) in [5, 5.41) is 0. The maximum absolute atomic E-state index is 7.33. The van der Waals surface area contributed by atoms with E-state index in [2.05, 4.69) is 0 Å². The molecule has 4 nitrogen and oxygen atoms in total. The summed E-state index contributed by atoms with van der Waals surface area (Å²) in [7, 11) is -4.61. The van der Waals surface area contributed by atoms with Gasteiger partial charge in [-0.15, -0.1) is 0 Å². The van der Waals surface area contributed by atoms with Crippen molar-refractivity contribution in [1.29, 1.82) is 0 Å². The first-order valence-corrected chi connectivity index (χ1v) is 2.68. The molecule has 44 valence electrons. The SMILES string of the molecule is O[Si](O)(O)O.[AlH3].[Ba+2].[H-].[H-].[H-].[Li+].